The van der Waals surface area contributed by atoms with E-state index < -0.39 is 0 Å². The molecule has 6 nitrogen and oxygen atoms in total. The van der Waals surface area contributed by atoms with E-state index in [1.54, 1.807) is 0 Å². The predicted octanol–water partition coefficient (Wildman–Crippen LogP) is 1.15. The highest BCUT2D eigenvalue weighted by Gasteiger charge is 2.44. The molecule has 0 unspecified atom stereocenters. The van der Waals surface area contributed by atoms with Gasteiger partial charge in [0, 0.05) is 32.2 Å². The van der Waals surface area contributed by atoms with Gasteiger partial charge >= 0.3 is 0 Å². The van der Waals surface area contributed by atoms with E-state index in [9.17, 15) is 4.79 Å². The van der Waals surface area contributed by atoms with Gasteiger partial charge in [-0.15, -0.1) is 5.10 Å². The monoisotopic (exact) mass is 316 g/mol. The molecule has 1 aromatic heterocycles. The van der Waals surface area contributed by atoms with Crippen molar-refractivity contribution < 1.29 is 9.53 Å². The fourth-order valence-corrected chi connectivity index (χ4v) is 3.70. The molecule has 0 bridgehead atoms. The van der Waals surface area contributed by atoms with Gasteiger partial charge in [0.15, 0.2) is 5.82 Å². The van der Waals surface area contributed by atoms with Crippen molar-refractivity contribution in [3.8, 4) is 0 Å². The zero-order valence-electron chi connectivity index (χ0n) is 13.6. The summed E-state index contributed by atoms with van der Waals surface area (Å²) in [5.41, 5.74) is 0.902. The first-order valence-corrected chi connectivity index (χ1v) is 8.65. The van der Waals surface area contributed by atoms with Crippen LogP contribution in [0.2, 0.25) is 0 Å². The minimum Gasteiger partial charge on any atom is -0.376 e. The number of carbonyl (C=O) groups is 1. The number of carbonyl (C=O) groups excluding carboxylic acids is 1. The van der Waals surface area contributed by atoms with Crippen molar-refractivity contribution in [3.05, 3.63) is 17.8 Å². The quantitative estimate of drug-likeness (QED) is 0.902. The van der Waals surface area contributed by atoms with E-state index in [4.69, 9.17) is 4.74 Å². The number of fused-ring (bicyclic) bond motifs is 1. The van der Waals surface area contributed by atoms with Crippen LogP contribution in [0, 0.1) is 24.7 Å². The molecule has 1 aliphatic carbocycles. The van der Waals surface area contributed by atoms with Crippen LogP contribution < -0.4 is 10.2 Å². The van der Waals surface area contributed by atoms with Gasteiger partial charge in [0.25, 0.3) is 0 Å². The van der Waals surface area contributed by atoms with Crippen LogP contribution in [0.25, 0.3) is 0 Å². The van der Waals surface area contributed by atoms with Crippen molar-refractivity contribution in [2.24, 2.45) is 17.8 Å². The van der Waals surface area contributed by atoms with Crippen molar-refractivity contribution in [1.82, 2.24) is 15.5 Å². The summed E-state index contributed by atoms with van der Waals surface area (Å²) in [7, 11) is 0. The van der Waals surface area contributed by atoms with Crippen molar-refractivity contribution in [2.75, 3.05) is 31.1 Å². The molecular weight excluding hydrogens is 292 g/mol. The van der Waals surface area contributed by atoms with Crippen LogP contribution in [0.15, 0.2) is 12.1 Å². The van der Waals surface area contributed by atoms with Crippen LogP contribution in [0.3, 0.4) is 0 Å². The van der Waals surface area contributed by atoms with Crippen molar-refractivity contribution in [2.45, 2.75) is 32.3 Å². The molecule has 2 saturated heterocycles. The molecule has 1 aromatic rings. The highest BCUT2D eigenvalue weighted by Crippen LogP contribution is 2.35. The number of piperidine rings is 1. The maximum Gasteiger partial charge on any atom is 0.225 e. The lowest BCUT2D eigenvalue weighted by molar-refractivity contribution is -0.127. The molecule has 23 heavy (non-hydrogen) atoms. The highest BCUT2D eigenvalue weighted by atomic mass is 16.5. The van der Waals surface area contributed by atoms with Crippen LogP contribution in [0.5, 0.6) is 0 Å². The molecule has 4 rings (SSSR count). The molecule has 3 fully saturated rings. The normalized spacial score (nSPS) is 30.1. The largest absolute Gasteiger partial charge is 0.376 e. The van der Waals surface area contributed by atoms with Gasteiger partial charge in [-0.25, -0.2) is 0 Å². The van der Waals surface area contributed by atoms with Crippen LogP contribution in [0.1, 0.15) is 25.0 Å². The Kier molecular flexibility index (Phi) is 3.93. The lowest BCUT2D eigenvalue weighted by Crippen LogP contribution is -2.53. The molecule has 1 N–H and O–H groups in total. The molecule has 124 valence electrons. The summed E-state index contributed by atoms with van der Waals surface area (Å²) in [6, 6.07) is 3.95. The number of amides is 1. The van der Waals surface area contributed by atoms with Crippen LogP contribution in [0.4, 0.5) is 5.82 Å². The minimum absolute atomic E-state index is 0.0156. The molecular formula is C17H24N4O2. The summed E-state index contributed by atoms with van der Waals surface area (Å²) in [6.45, 7) is 5.03. The average Bonchev–Trinajstić information content (AvgIpc) is 3.27. The van der Waals surface area contributed by atoms with Gasteiger partial charge < -0.3 is 15.0 Å². The predicted molar refractivity (Wildman–Crippen MR) is 86.1 cm³/mol. The SMILES string of the molecule is Cc1ccc(N2C[C@H](C(=O)NCC3CC3)[C@@H]3CCO[C@@H]3C2)nn1. The second-order valence-electron chi connectivity index (χ2n) is 7.09. The van der Waals surface area contributed by atoms with Gasteiger partial charge in [-0.3, -0.25) is 4.79 Å². The fourth-order valence-electron chi connectivity index (χ4n) is 3.70. The van der Waals surface area contributed by atoms with E-state index in [0.717, 1.165) is 37.6 Å². The Morgan fingerprint density at radius 3 is 2.91 bits per heavy atom. The van der Waals surface area contributed by atoms with Gasteiger partial charge in [-0.05, 0) is 44.2 Å². The number of hydrogen-bond acceptors (Lipinski definition) is 5. The smallest absolute Gasteiger partial charge is 0.225 e. The molecule has 3 atom stereocenters. The zero-order chi connectivity index (χ0) is 15.8. The van der Waals surface area contributed by atoms with Crippen LogP contribution >= 0.6 is 0 Å². The molecule has 6 heteroatoms. The molecule has 0 spiro atoms. The third-order valence-electron chi connectivity index (χ3n) is 5.30. The maximum absolute atomic E-state index is 12.7. The molecule has 2 aliphatic heterocycles. The third-order valence-corrected chi connectivity index (χ3v) is 5.30. The van der Waals surface area contributed by atoms with E-state index in [2.05, 4.69) is 20.4 Å². The van der Waals surface area contributed by atoms with Crippen molar-refractivity contribution in [3.63, 3.8) is 0 Å². The average molecular weight is 316 g/mol. The Hall–Kier alpha value is -1.69. The Balaban J connectivity index is 1.49. The Morgan fingerprint density at radius 2 is 2.17 bits per heavy atom. The fraction of sp³-hybridized carbons (Fsp3) is 0.706. The van der Waals surface area contributed by atoms with Gasteiger partial charge in [-0.2, -0.15) is 5.10 Å². The summed E-state index contributed by atoms with van der Waals surface area (Å²) in [5.74, 6) is 2.05. The van der Waals surface area contributed by atoms with E-state index >= 15 is 0 Å². The number of aromatic nitrogens is 2. The zero-order valence-corrected chi connectivity index (χ0v) is 13.6. The Labute approximate surface area is 136 Å². The van der Waals surface area contributed by atoms with E-state index in [0.29, 0.717) is 18.4 Å². The highest BCUT2D eigenvalue weighted by molar-refractivity contribution is 5.80. The lowest BCUT2D eigenvalue weighted by Gasteiger charge is -2.39. The topological polar surface area (TPSA) is 67.4 Å². The van der Waals surface area contributed by atoms with E-state index in [1.165, 1.54) is 12.8 Å². The minimum atomic E-state index is -0.0156. The first kappa shape index (κ1) is 14.9. The Morgan fingerprint density at radius 1 is 1.30 bits per heavy atom. The lowest BCUT2D eigenvalue weighted by atomic mass is 9.82. The molecule has 3 aliphatic rings. The summed E-state index contributed by atoms with van der Waals surface area (Å²) in [6.07, 6.45) is 3.62. The van der Waals surface area contributed by atoms with Gasteiger partial charge in [0.2, 0.25) is 5.91 Å². The summed E-state index contributed by atoms with van der Waals surface area (Å²) < 4.78 is 5.88. The first-order valence-electron chi connectivity index (χ1n) is 8.65. The maximum atomic E-state index is 12.7. The van der Waals surface area contributed by atoms with Gasteiger partial charge in [-0.1, -0.05) is 0 Å². The molecule has 0 radical (unpaired) electrons. The summed E-state index contributed by atoms with van der Waals surface area (Å²) >= 11 is 0. The molecule has 1 saturated carbocycles. The van der Waals surface area contributed by atoms with Crippen LogP contribution in [-0.2, 0) is 9.53 Å². The Bertz CT molecular complexity index is 572. The number of ether oxygens (including phenoxy) is 1. The molecule has 3 heterocycles. The van der Waals surface area contributed by atoms with Crippen molar-refractivity contribution in [1.29, 1.82) is 0 Å². The molecule has 1 amide bonds. The second kappa shape index (κ2) is 6.07. The third kappa shape index (κ3) is 3.17. The number of hydrogen-bond donors (Lipinski definition) is 1. The second-order valence-corrected chi connectivity index (χ2v) is 7.09. The number of rotatable bonds is 4. The number of anilines is 1. The summed E-state index contributed by atoms with van der Waals surface area (Å²) in [5, 5.41) is 11.6. The van der Waals surface area contributed by atoms with Crippen molar-refractivity contribution >= 4 is 11.7 Å². The number of nitrogens with zero attached hydrogens (tertiary/aromatic N) is 3. The van der Waals surface area contributed by atoms with E-state index in [-0.39, 0.29) is 17.9 Å². The van der Waals surface area contributed by atoms with Gasteiger partial charge in [0.05, 0.1) is 17.7 Å². The number of aryl methyl sites for hydroxylation is 1. The number of nitrogens with one attached hydrogen (secondary N) is 1. The van der Waals surface area contributed by atoms with Crippen LogP contribution in [-0.4, -0.2) is 48.4 Å². The van der Waals surface area contributed by atoms with Gasteiger partial charge in [0.1, 0.15) is 0 Å². The standard InChI is InChI=1S/C17H24N4O2/c1-11-2-5-16(20-19-11)21-9-14(13-6-7-23-15(13)10-21)17(22)18-8-12-3-4-12/h2,5,12-15H,3-4,6-10H2,1H3,(H,18,22)/t13-,14-,15+/m0/s1. The molecule has 0 aromatic carbocycles. The first-order chi connectivity index (χ1) is 11.2. The van der Waals surface area contributed by atoms with E-state index in [1.807, 2.05) is 19.1 Å². The summed E-state index contributed by atoms with van der Waals surface area (Å²) in [4.78, 5) is 14.8.